The Hall–Kier alpha value is -5.76. The van der Waals surface area contributed by atoms with Gasteiger partial charge < -0.3 is 54.7 Å². The molecule has 3 amide bonds. The van der Waals surface area contributed by atoms with Gasteiger partial charge in [-0.3, -0.25) is 19.3 Å². The predicted molar refractivity (Wildman–Crippen MR) is 262 cm³/mol. The summed E-state index contributed by atoms with van der Waals surface area (Å²) < 4.78 is 87.5. The van der Waals surface area contributed by atoms with Crippen LogP contribution in [0.5, 0.6) is 17.2 Å². The monoisotopic (exact) mass is 1090 g/mol. The molecule has 4 heterocycles. The maximum Gasteiger partial charge on any atom is 0.490 e. The molecule has 416 valence electrons. The highest BCUT2D eigenvalue weighted by Gasteiger charge is 2.42. The number of fused-ring (bicyclic) bond motifs is 1. The minimum atomic E-state index is -5.08. The van der Waals surface area contributed by atoms with Gasteiger partial charge in [0.2, 0.25) is 5.91 Å². The van der Waals surface area contributed by atoms with Crippen LogP contribution in [0.25, 0.3) is 0 Å². The number of aromatic nitrogens is 1. The Kier molecular flexibility index (Phi) is 22.8. The number of alkyl halides is 6. The minimum absolute atomic E-state index is 0.00737. The maximum absolute atomic E-state index is 13.5. The second-order valence-corrected chi connectivity index (χ2v) is 19.6. The quantitative estimate of drug-likeness (QED) is 0.0453. The largest absolute Gasteiger partial charge is 0.506 e. The van der Waals surface area contributed by atoms with Crippen molar-refractivity contribution in [1.82, 2.24) is 25.0 Å². The van der Waals surface area contributed by atoms with Crippen molar-refractivity contribution in [2.24, 2.45) is 0 Å². The van der Waals surface area contributed by atoms with Crippen molar-refractivity contribution in [2.45, 2.75) is 115 Å². The summed E-state index contributed by atoms with van der Waals surface area (Å²) in [4.78, 5) is 67.4. The third-order valence-corrected chi connectivity index (χ3v) is 13.9. The van der Waals surface area contributed by atoms with Gasteiger partial charge in [0, 0.05) is 69.6 Å². The number of carboxylic acids is 2. The number of thiazole rings is 1. The number of piperidine rings is 1. The van der Waals surface area contributed by atoms with Gasteiger partial charge in [0.05, 0.1) is 43.4 Å². The zero-order chi connectivity index (χ0) is 54.8. The first-order chi connectivity index (χ1) is 35.5. The number of phenolic OH excluding ortho intramolecular Hbond substituents is 1. The molecule has 0 bridgehead atoms. The molecule has 1 saturated carbocycles. The summed E-state index contributed by atoms with van der Waals surface area (Å²) in [7, 11) is 0. The third-order valence-electron chi connectivity index (χ3n) is 12.8. The molecule has 7 rings (SSSR count). The average molecular weight is 1090 g/mol. The lowest BCUT2D eigenvalue weighted by atomic mass is 9.89. The number of aliphatic carboxylic acids is 2. The van der Waals surface area contributed by atoms with Crippen molar-refractivity contribution >= 4 is 46.7 Å². The van der Waals surface area contributed by atoms with Crippen molar-refractivity contribution in [1.29, 1.82) is 0 Å². The molecule has 3 fully saturated rings. The van der Waals surface area contributed by atoms with E-state index in [2.05, 4.69) is 51.4 Å². The lowest BCUT2D eigenvalue weighted by molar-refractivity contribution is -0.193. The molecule has 5 N–H and O–H groups in total. The summed E-state index contributed by atoms with van der Waals surface area (Å²) in [6, 6.07) is 12.0. The van der Waals surface area contributed by atoms with Crippen LogP contribution in [0.4, 0.5) is 32.0 Å². The number of ether oxygens (including phenoxy) is 4. The number of amides is 3. The maximum atomic E-state index is 13.5. The third kappa shape index (κ3) is 19.1. The highest BCUT2D eigenvalue weighted by atomic mass is 32.1. The molecule has 4 aliphatic rings. The second-order valence-electron chi connectivity index (χ2n) is 18.7. The first-order valence-electron chi connectivity index (χ1n) is 24.8. The van der Waals surface area contributed by atoms with Crippen LogP contribution in [0.15, 0.2) is 41.8 Å². The molecule has 2 saturated heterocycles. The van der Waals surface area contributed by atoms with Gasteiger partial charge in [-0.15, -0.1) is 11.3 Å². The zero-order valence-corrected chi connectivity index (χ0v) is 42.8. The van der Waals surface area contributed by atoms with Gasteiger partial charge in [0.1, 0.15) is 22.9 Å². The summed E-state index contributed by atoms with van der Waals surface area (Å²) in [5, 5.41) is 33.5. The fourth-order valence-corrected chi connectivity index (χ4v) is 9.67. The molecule has 1 aromatic heterocycles. The number of aromatic hydroxyl groups is 1. The van der Waals surface area contributed by atoms with Crippen molar-refractivity contribution in [3.8, 4) is 17.2 Å². The normalized spacial score (nSPS) is 16.9. The Bertz CT molecular complexity index is 2330. The number of hydrogen-bond acceptors (Lipinski definition) is 14. The molecule has 0 unspecified atom stereocenters. The molecular formula is C50H66F6N6O12S. The van der Waals surface area contributed by atoms with E-state index < -0.39 is 24.3 Å². The second kappa shape index (κ2) is 28.4. The van der Waals surface area contributed by atoms with E-state index in [9.17, 15) is 45.8 Å². The molecule has 18 nitrogen and oxygen atoms in total. The van der Waals surface area contributed by atoms with E-state index in [0.29, 0.717) is 95.0 Å². The van der Waals surface area contributed by atoms with E-state index in [0.717, 1.165) is 80.9 Å². The van der Waals surface area contributed by atoms with Crippen LogP contribution in [-0.2, 0) is 41.6 Å². The van der Waals surface area contributed by atoms with Crippen LogP contribution < -0.4 is 20.1 Å². The number of benzene rings is 2. The standard InChI is InChI=1S/C46H64N6O8S.2C2HF3O2/c1-33(2)44-48-38(31-61-44)45(56)51-23-27-60-46(32-51)16-20-50(21-17-46)29-34-8-6-11-37(28-34)58-25-7-24-57-26-15-41(55)52(36-9-4-3-5-10-36)22-19-47-18-14-35-12-13-39(53)42-43(35)59-30-40(54)49-42;2*3-2(4,5)1(6)7/h6,8,11-13,28,31,33,36,47,53H,3-5,7,9-10,14-27,29-30,32H2,1-2H3,(H,49,54);2*(H,6,7). The fourth-order valence-electron chi connectivity index (χ4n) is 8.86. The predicted octanol–water partition coefficient (Wildman–Crippen LogP) is 7.25. The number of likely N-dealkylation sites (tertiary alicyclic amines) is 1. The Morgan fingerprint density at radius 3 is 2.31 bits per heavy atom. The molecule has 0 atom stereocenters. The number of anilines is 1. The molecule has 1 spiro atoms. The summed E-state index contributed by atoms with van der Waals surface area (Å²) in [5.41, 5.74) is 2.69. The van der Waals surface area contributed by atoms with Gasteiger partial charge in [-0.05, 0) is 68.0 Å². The number of carbonyl (C=O) groups is 5. The number of halogens is 6. The van der Waals surface area contributed by atoms with E-state index in [1.807, 2.05) is 28.5 Å². The molecule has 3 aromatic rings. The molecule has 3 aliphatic heterocycles. The van der Waals surface area contributed by atoms with Gasteiger partial charge in [-0.25, -0.2) is 14.6 Å². The Morgan fingerprint density at radius 2 is 1.65 bits per heavy atom. The Labute approximate surface area is 434 Å². The summed E-state index contributed by atoms with van der Waals surface area (Å²) in [5.74, 6) is -3.98. The summed E-state index contributed by atoms with van der Waals surface area (Å²) >= 11 is 1.56. The zero-order valence-electron chi connectivity index (χ0n) is 41.9. The lowest BCUT2D eigenvalue weighted by Gasteiger charge is -2.47. The number of carbonyl (C=O) groups excluding carboxylic acids is 3. The number of rotatable bonds is 19. The van der Waals surface area contributed by atoms with Crippen LogP contribution in [0.1, 0.15) is 104 Å². The molecule has 1 aliphatic carbocycles. The van der Waals surface area contributed by atoms with Crippen LogP contribution >= 0.6 is 11.3 Å². The smallest absolute Gasteiger partial charge is 0.490 e. The number of nitrogens with zero attached hydrogens (tertiary/aromatic N) is 4. The number of nitrogens with one attached hydrogen (secondary N) is 2. The topological polar surface area (TPSA) is 230 Å². The van der Waals surface area contributed by atoms with Crippen LogP contribution in [0, 0.1) is 0 Å². The van der Waals surface area contributed by atoms with E-state index in [1.54, 1.807) is 17.4 Å². The van der Waals surface area contributed by atoms with Crippen LogP contribution in [0.3, 0.4) is 0 Å². The van der Waals surface area contributed by atoms with E-state index in [4.69, 9.17) is 38.7 Å². The van der Waals surface area contributed by atoms with Gasteiger partial charge in [0.15, 0.2) is 12.4 Å². The van der Waals surface area contributed by atoms with Crippen molar-refractivity contribution in [2.75, 3.05) is 84.2 Å². The Balaban J connectivity index is 0.000000653. The summed E-state index contributed by atoms with van der Waals surface area (Å²) in [6.45, 7) is 12.0. The minimum Gasteiger partial charge on any atom is -0.506 e. The highest BCUT2D eigenvalue weighted by molar-refractivity contribution is 7.09. The number of carboxylic acid groups (broad SMARTS) is 2. The van der Waals surface area contributed by atoms with E-state index >= 15 is 0 Å². The van der Waals surface area contributed by atoms with Crippen molar-refractivity contribution < 1.29 is 84.6 Å². The van der Waals surface area contributed by atoms with E-state index in [1.165, 1.54) is 12.0 Å². The van der Waals surface area contributed by atoms with E-state index in [-0.39, 0.29) is 41.7 Å². The lowest BCUT2D eigenvalue weighted by Crippen LogP contribution is -2.58. The molecule has 2 aromatic carbocycles. The summed E-state index contributed by atoms with van der Waals surface area (Å²) in [6.07, 6.45) is -1.06. The molecule has 75 heavy (non-hydrogen) atoms. The highest BCUT2D eigenvalue weighted by Crippen LogP contribution is 2.39. The van der Waals surface area contributed by atoms with Gasteiger partial charge >= 0.3 is 24.3 Å². The molecule has 25 heteroatoms. The van der Waals surface area contributed by atoms with Gasteiger partial charge in [-0.1, -0.05) is 51.3 Å². The molecule has 0 radical (unpaired) electrons. The van der Waals surface area contributed by atoms with Crippen LogP contribution in [-0.4, -0.2) is 168 Å². The fraction of sp³-hybridized carbons (Fsp3) is 0.600. The number of phenols is 1. The molecular weight excluding hydrogens is 1020 g/mol. The van der Waals surface area contributed by atoms with Crippen LogP contribution in [0.2, 0.25) is 0 Å². The SMILES string of the molecule is CC(C)c1nc(C(=O)N2CCOC3(CCN(Cc4cccc(OCCCOCCC(=O)N(CCNCCc5ccc(O)c6c5OCC(=O)N6)C5CCCCC5)c4)CC3)C2)cs1.O=C(O)C(F)(F)F.O=C(O)C(F)(F)F. The first-order valence-corrected chi connectivity index (χ1v) is 25.7. The van der Waals surface area contributed by atoms with Gasteiger partial charge in [-0.2, -0.15) is 26.3 Å². The van der Waals surface area contributed by atoms with Crippen molar-refractivity contribution in [3.63, 3.8) is 0 Å². The average Bonchev–Trinajstić information content (AvgIpc) is 3.88. The Morgan fingerprint density at radius 1 is 0.960 bits per heavy atom. The number of hydrogen-bond donors (Lipinski definition) is 5. The number of morpholine rings is 1. The first kappa shape index (κ1) is 60.1. The van der Waals surface area contributed by atoms with Crippen molar-refractivity contribution in [3.05, 3.63) is 63.6 Å². The van der Waals surface area contributed by atoms with Gasteiger partial charge in [0.25, 0.3) is 11.8 Å².